The lowest BCUT2D eigenvalue weighted by Gasteiger charge is -2.34. The van der Waals surface area contributed by atoms with Crippen molar-refractivity contribution in [3.63, 3.8) is 0 Å². The molecule has 1 aliphatic heterocycles. The summed E-state index contributed by atoms with van der Waals surface area (Å²) in [6.07, 6.45) is 2.29. The first-order valence-corrected chi connectivity index (χ1v) is 19.8. The van der Waals surface area contributed by atoms with Crippen LogP contribution in [0, 0.1) is 4.91 Å². The van der Waals surface area contributed by atoms with Gasteiger partial charge < -0.3 is 20.4 Å². The Hall–Kier alpha value is -4.24. The zero-order chi connectivity index (χ0) is 36.4. The molecule has 268 valence electrons. The van der Waals surface area contributed by atoms with Crippen molar-refractivity contribution in [3.8, 4) is 0 Å². The molecule has 0 bridgehead atoms. The number of benzene rings is 4. The SMILES string of the molecule is CN(C)CCC(CSc1ccccc1)Nc1ccc(S(=O)(=O)NC(=O)c2ccc(N3CCC(NC(=O)c4ccccc4Br)CC3)cc2)cc1N=O. The quantitative estimate of drug-likeness (QED) is 0.0868. The smallest absolute Gasteiger partial charge is 0.264 e. The Morgan fingerprint density at radius 2 is 1.63 bits per heavy atom. The van der Waals surface area contributed by atoms with E-state index in [1.165, 1.54) is 18.2 Å². The Morgan fingerprint density at radius 1 is 0.941 bits per heavy atom. The van der Waals surface area contributed by atoms with Gasteiger partial charge in [-0.3, -0.25) is 9.59 Å². The highest BCUT2D eigenvalue weighted by molar-refractivity contribution is 9.10. The number of rotatable bonds is 15. The summed E-state index contributed by atoms with van der Waals surface area (Å²) < 4.78 is 29.3. The number of nitrogens with zero attached hydrogens (tertiary/aromatic N) is 3. The second kappa shape index (κ2) is 17.8. The predicted molar refractivity (Wildman–Crippen MR) is 208 cm³/mol. The molecule has 1 saturated heterocycles. The van der Waals surface area contributed by atoms with E-state index >= 15 is 0 Å². The fourth-order valence-electron chi connectivity index (χ4n) is 5.67. The molecule has 0 aliphatic carbocycles. The van der Waals surface area contributed by atoms with E-state index in [0.717, 1.165) is 40.9 Å². The highest BCUT2D eigenvalue weighted by atomic mass is 79.9. The zero-order valence-electron chi connectivity index (χ0n) is 28.4. The summed E-state index contributed by atoms with van der Waals surface area (Å²) in [5.74, 6) is -0.191. The second-order valence-corrected chi connectivity index (χ2v) is 16.2. The molecule has 1 fully saturated rings. The standard InChI is InChI=1S/C37H41BrN6O5S2/c1-43(2)21-18-28(25-50-30-8-4-3-5-9-30)39-34-17-16-31(24-35(34)41-47)51(48,49)42-36(45)26-12-14-29(15-13-26)44-22-19-27(20-23-44)40-37(46)32-10-6-7-11-33(32)38/h3-17,24,27-28,39H,18-23,25H2,1-2H3,(H,40,46)(H,42,45). The number of piperidine rings is 1. The number of nitrogens with one attached hydrogen (secondary N) is 3. The van der Waals surface area contributed by atoms with Gasteiger partial charge in [0.15, 0.2) is 0 Å². The lowest BCUT2D eigenvalue weighted by atomic mass is 10.0. The van der Waals surface area contributed by atoms with Gasteiger partial charge in [0.25, 0.3) is 21.8 Å². The number of thioether (sulfide) groups is 1. The van der Waals surface area contributed by atoms with Crippen LogP contribution in [-0.4, -0.2) is 76.7 Å². The average Bonchev–Trinajstić information content (AvgIpc) is 3.13. The molecule has 5 rings (SSSR count). The van der Waals surface area contributed by atoms with Gasteiger partial charge in [0.05, 0.1) is 16.1 Å². The van der Waals surface area contributed by atoms with Crippen molar-refractivity contribution in [1.29, 1.82) is 0 Å². The molecule has 51 heavy (non-hydrogen) atoms. The Labute approximate surface area is 311 Å². The first-order valence-electron chi connectivity index (χ1n) is 16.6. The van der Waals surface area contributed by atoms with Gasteiger partial charge in [0, 0.05) is 51.5 Å². The van der Waals surface area contributed by atoms with Crippen LogP contribution in [0.2, 0.25) is 0 Å². The molecule has 0 spiro atoms. The van der Waals surface area contributed by atoms with Crippen molar-refractivity contribution in [2.24, 2.45) is 5.18 Å². The number of amides is 2. The molecule has 14 heteroatoms. The van der Waals surface area contributed by atoms with Crippen LogP contribution in [0.3, 0.4) is 0 Å². The number of halogens is 1. The maximum atomic E-state index is 13.2. The third kappa shape index (κ3) is 10.6. The molecule has 0 radical (unpaired) electrons. The lowest BCUT2D eigenvalue weighted by Crippen LogP contribution is -2.44. The van der Waals surface area contributed by atoms with Crippen LogP contribution in [0.15, 0.2) is 117 Å². The highest BCUT2D eigenvalue weighted by Gasteiger charge is 2.24. The molecule has 3 N–H and O–H groups in total. The van der Waals surface area contributed by atoms with Crippen molar-refractivity contribution < 1.29 is 18.0 Å². The van der Waals surface area contributed by atoms with E-state index < -0.39 is 15.9 Å². The first-order chi connectivity index (χ1) is 24.5. The maximum Gasteiger partial charge on any atom is 0.264 e. The van der Waals surface area contributed by atoms with Crippen molar-refractivity contribution >= 4 is 66.6 Å². The number of hydrogen-bond donors (Lipinski definition) is 3. The summed E-state index contributed by atoms with van der Waals surface area (Å²) in [7, 11) is -0.331. The number of nitroso groups, excluding NO2 is 1. The number of carbonyl (C=O) groups is 2. The Bertz CT molecular complexity index is 1920. The van der Waals surface area contributed by atoms with Gasteiger partial charge in [0.1, 0.15) is 5.69 Å². The van der Waals surface area contributed by atoms with E-state index in [0.29, 0.717) is 30.1 Å². The molecular formula is C37H41BrN6O5S2. The van der Waals surface area contributed by atoms with Crippen molar-refractivity contribution in [2.75, 3.05) is 49.7 Å². The molecule has 4 aromatic carbocycles. The van der Waals surface area contributed by atoms with Gasteiger partial charge in [-0.2, -0.15) is 0 Å². The fraction of sp³-hybridized carbons (Fsp3) is 0.297. The van der Waals surface area contributed by atoms with Gasteiger partial charge >= 0.3 is 0 Å². The number of hydrogen-bond acceptors (Lipinski definition) is 10. The van der Waals surface area contributed by atoms with Crippen molar-refractivity contribution in [2.45, 2.75) is 41.1 Å². The third-order valence-electron chi connectivity index (χ3n) is 8.53. The highest BCUT2D eigenvalue weighted by Crippen LogP contribution is 2.31. The van der Waals surface area contributed by atoms with Crippen molar-refractivity contribution in [1.82, 2.24) is 14.9 Å². The largest absolute Gasteiger partial charge is 0.380 e. The zero-order valence-corrected chi connectivity index (χ0v) is 31.6. The summed E-state index contributed by atoms with van der Waals surface area (Å²) in [5, 5.41) is 9.59. The van der Waals surface area contributed by atoms with Crippen LogP contribution < -0.4 is 20.3 Å². The minimum atomic E-state index is -4.31. The average molecular weight is 794 g/mol. The van der Waals surface area contributed by atoms with Crippen LogP contribution in [0.4, 0.5) is 17.1 Å². The van der Waals surface area contributed by atoms with Crippen LogP contribution in [-0.2, 0) is 10.0 Å². The molecule has 0 saturated carbocycles. The van der Waals surface area contributed by atoms with E-state index in [1.807, 2.05) is 62.6 Å². The Morgan fingerprint density at radius 3 is 2.29 bits per heavy atom. The van der Waals surface area contributed by atoms with Crippen LogP contribution in [0.5, 0.6) is 0 Å². The molecule has 1 atom stereocenters. The molecule has 1 aliphatic rings. The molecule has 1 unspecified atom stereocenters. The van der Waals surface area contributed by atoms with Gasteiger partial charge in [-0.25, -0.2) is 13.1 Å². The summed E-state index contributed by atoms with van der Waals surface area (Å²) in [6, 6.07) is 28.1. The van der Waals surface area contributed by atoms with E-state index in [4.69, 9.17) is 0 Å². The summed E-state index contributed by atoms with van der Waals surface area (Å²) in [4.78, 5) is 42.7. The normalized spacial score (nSPS) is 14.2. The summed E-state index contributed by atoms with van der Waals surface area (Å²) in [5.41, 5.74) is 2.01. The van der Waals surface area contributed by atoms with E-state index in [9.17, 15) is 22.9 Å². The topological polar surface area (TPSA) is 140 Å². The molecule has 11 nitrogen and oxygen atoms in total. The van der Waals surface area contributed by atoms with Gasteiger partial charge in [-0.05, 0) is 128 Å². The Balaban J connectivity index is 1.17. The van der Waals surface area contributed by atoms with Gasteiger partial charge in [-0.15, -0.1) is 16.7 Å². The second-order valence-electron chi connectivity index (χ2n) is 12.5. The summed E-state index contributed by atoms with van der Waals surface area (Å²) in [6.45, 7) is 2.23. The van der Waals surface area contributed by atoms with Crippen LogP contribution in [0.1, 0.15) is 40.0 Å². The fourth-order valence-corrected chi connectivity index (χ4v) is 8.13. The monoisotopic (exact) mass is 792 g/mol. The van der Waals surface area contributed by atoms with Gasteiger partial charge in [0.2, 0.25) is 0 Å². The maximum absolute atomic E-state index is 13.2. The van der Waals surface area contributed by atoms with Crippen molar-refractivity contribution in [3.05, 3.63) is 118 Å². The van der Waals surface area contributed by atoms with Crippen LogP contribution >= 0.6 is 27.7 Å². The van der Waals surface area contributed by atoms with E-state index in [2.05, 4.69) is 46.3 Å². The molecule has 0 aromatic heterocycles. The third-order valence-corrected chi connectivity index (χ3v) is 11.7. The van der Waals surface area contributed by atoms with E-state index in [1.54, 1.807) is 42.1 Å². The Kier molecular flexibility index (Phi) is 13.3. The molecular weight excluding hydrogens is 752 g/mol. The number of anilines is 2. The molecule has 4 aromatic rings. The van der Waals surface area contributed by atoms with Crippen LogP contribution in [0.25, 0.3) is 0 Å². The minimum Gasteiger partial charge on any atom is -0.380 e. The minimum absolute atomic E-state index is 0.0298. The molecule has 1 heterocycles. The number of sulfonamides is 1. The van der Waals surface area contributed by atoms with Gasteiger partial charge in [-0.1, -0.05) is 30.3 Å². The first kappa shape index (κ1) is 38.0. The predicted octanol–water partition coefficient (Wildman–Crippen LogP) is 6.89. The number of carbonyl (C=O) groups excluding carboxylic acids is 2. The van der Waals surface area contributed by atoms with E-state index in [-0.39, 0.29) is 34.1 Å². The molecule has 2 amide bonds. The lowest BCUT2D eigenvalue weighted by molar-refractivity contribution is 0.0929. The summed E-state index contributed by atoms with van der Waals surface area (Å²) >= 11 is 5.11.